The Kier molecular flexibility index (Phi) is 5.54. The minimum absolute atomic E-state index is 1.11. The lowest BCUT2D eigenvalue weighted by atomic mass is 10.1. The van der Waals surface area contributed by atoms with Crippen LogP contribution in [0.2, 0.25) is 0 Å². The van der Waals surface area contributed by atoms with Gasteiger partial charge in [-0.3, -0.25) is 0 Å². The van der Waals surface area contributed by atoms with Crippen molar-refractivity contribution in [1.29, 1.82) is 0 Å². The van der Waals surface area contributed by atoms with E-state index in [1.807, 2.05) is 6.07 Å². The smallest absolute Gasteiger partial charge is 0.0257 e. The first-order valence-corrected chi connectivity index (χ1v) is 5.79. The molecule has 1 aromatic carbocycles. The first kappa shape index (κ1) is 11.8. The topological polar surface area (TPSA) is 0 Å². The van der Waals surface area contributed by atoms with Gasteiger partial charge in [-0.25, -0.2) is 0 Å². The van der Waals surface area contributed by atoms with Crippen LogP contribution in [-0.4, -0.2) is 0 Å². The Morgan fingerprint density at radius 2 is 1.87 bits per heavy atom. The number of hydrogen-bond acceptors (Lipinski definition) is 0. The summed E-state index contributed by atoms with van der Waals surface area (Å²) in [5.74, 6) is 0. The van der Waals surface area contributed by atoms with Crippen molar-refractivity contribution in [1.82, 2.24) is 0 Å². The Morgan fingerprint density at radius 1 is 1.13 bits per heavy atom. The van der Waals surface area contributed by atoms with E-state index in [4.69, 9.17) is 0 Å². The minimum Gasteiger partial charge on any atom is -0.0813 e. The molecular formula is C15H20. The zero-order chi connectivity index (χ0) is 10.9. The molecule has 0 unspecified atom stereocenters. The highest BCUT2D eigenvalue weighted by Gasteiger charge is 1.88. The molecule has 0 aliphatic heterocycles. The first-order valence-electron chi connectivity index (χ1n) is 5.79. The number of rotatable bonds is 5. The summed E-state index contributed by atoms with van der Waals surface area (Å²) in [4.78, 5) is 0. The summed E-state index contributed by atoms with van der Waals surface area (Å²) in [6.07, 6.45) is 10.3. The highest BCUT2D eigenvalue weighted by molar-refractivity contribution is 5.52. The number of benzene rings is 1. The van der Waals surface area contributed by atoms with Crippen LogP contribution >= 0.6 is 0 Å². The van der Waals surface area contributed by atoms with Gasteiger partial charge in [-0.2, -0.15) is 0 Å². The molecule has 0 saturated carbocycles. The van der Waals surface area contributed by atoms with Gasteiger partial charge in [-0.1, -0.05) is 74.4 Å². The van der Waals surface area contributed by atoms with E-state index in [0.717, 1.165) is 6.42 Å². The zero-order valence-corrected chi connectivity index (χ0v) is 9.74. The Labute approximate surface area is 93.3 Å². The molecule has 1 aromatic rings. The molecular weight excluding hydrogens is 180 g/mol. The van der Waals surface area contributed by atoms with E-state index < -0.39 is 0 Å². The summed E-state index contributed by atoms with van der Waals surface area (Å²) in [6, 6.07) is 10.4. The molecule has 0 heteroatoms. The Morgan fingerprint density at radius 3 is 2.47 bits per heavy atom. The molecule has 0 aliphatic rings. The molecule has 80 valence electrons. The standard InChI is InChI=1S/C15H20/c1-3-5-9-14(4-2)12-13-15-10-7-6-8-11-15/h6-13H,3-5H2,1-2H3. The summed E-state index contributed by atoms with van der Waals surface area (Å²) in [5.41, 5.74) is 2.70. The van der Waals surface area contributed by atoms with Gasteiger partial charge in [0, 0.05) is 0 Å². The van der Waals surface area contributed by atoms with Gasteiger partial charge in [0.05, 0.1) is 0 Å². The van der Waals surface area contributed by atoms with E-state index in [2.05, 4.69) is 56.3 Å². The molecule has 0 atom stereocenters. The molecule has 0 aromatic heterocycles. The normalized spacial score (nSPS) is 12.3. The van der Waals surface area contributed by atoms with Gasteiger partial charge in [-0.05, 0) is 18.4 Å². The quantitative estimate of drug-likeness (QED) is 0.597. The van der Waals surface area contributed by atoms with Gasteiger partial charge in [-0.15, -0.1) is 0 Å². The second kappa shape index (κ2) is 7.05. The van der Waals surface area contributed by atoms with E-state index in [1.165, 1.54) is 24.0 Å². The van der Waals surface area contributed by atoms with Crippen molar-refractivity contribution in [3.63, 3.8) is 0 Å². The van der Waals surface area contributed by atoms with Crippen LogP contribution in [-0.2, 0) is 0 Å². The van der Waals surface area contributed by atoms with Crippen LogP contribution in [0.15, 0.2) is 48.1 Å². The molecule has 15 heavy (non-hydrogen) atoms. The molecule has 0 saturated heterocycles. The zero-order valence-electron chi connectivity index (χ0n) is 9.74. The maximum Gasteiger partial charge on any atom is -0.0257 e. The molecule has 0 heterocycles. The molecule has 1 rings (SSSR count). The minimum atomic E-state index is 1.11. The Balaban J connectivity index is 2.63. The van der Waals surface area contributed by atoms with Crippen LogP contribution in [0.25, 0.3) is 6.08 Å². The SMILES string of the molecule is CCCC=C(C=Cc1ccccc1)CC. The Bertz CT molecular complexity index is 317. The second-order valence-electron chi connectivity index (χ2n) is 3.67. The monoisotopic (exact) mass is 200 g/mol. The highest BCUT2D eigenvalue weighted by atomic mass is 13.9. The highest BCUT2D eigenvalue weighted by Crippen LogP contribution is 2.09. The summed E-state index contributed by atoms with van der Waals surface area (Å²) >= 11 is 0. The van der Waals surface area contributed by atoms with Gasteiger partial charge in [0.25, 0.3) is 0 Å². The van der Waals surface area contributed by atoms with Crippen LogP contribution in [0.3, 0.4) is 0 Å². The van der Waals surface area contributed by atoms with E-state index >= 15 is 0 Å². The lowest BCUT2D eigenvalue weighted by Crippen LogP contribution is -1.76. The maximum atomic E-state index is 2.33. The molecule has 0 aliphatic carbocycles. The van der Waals surface area contributed by atoms with Gasteiger partial charge >= 0.3 is 0 Å². The van der Waals surface area contributed by atoms with E-state index in [0.29, 0.717) is 0 Å². The molecule has 0 N–H and O–H groups in total. The fourth-order valence-corrected chi connectivity index (χ4v) is 1.43. The predicted octanol–water partition coefficient (Wildman–Crippen LogP) is 4.84. The van der Waals surface area contributed by atoms with Crippen molar-refractivity contribution in [2.24, 2.45) is 0 Å². The van der Waals surface area contributed by atoms with Crippen LogP contribution < -0.4 is 0 Å². The van der Waals surface area contributed by atoms with Crippen molar-refractivity contribution < 1.29 is 0 Å². The van der Waals surface area contributed by atoms with E-state index in [-0.39, 0.29) is 0 Å². The summed E-state index contributed by atoms with van der Waals surface area (Å²) in [5, 5.41) is 0. The largest absolute Gasteiger partial charge is 0.0813 e. The third-order valence-electron chi connectivity index (χ3n) is 2.39. The molecule has 0 radical (unpaired) electrons. The van der Waals surface area contributed by atoms with Crippen LogP contribution in [0.5, 0.6) is 0 Å². The molecule has 0 bridgehead atoms. The lowest BCUT2D eigenvalue weighted by Gasteiger charge is -1.97. The number of allylic oxidation sites excluding steroid dienone is 3. The van der Waals surface area contributed by atoms with Gasteiger partial charge in [0.2, 0.25) is 0 Å². The Hall–Kier alpha value is -1.30. The molecule has 0 spiro atoms. The third kappa shape index (κ3) is 4.64. The van der Waals surface area contributed by atoms with Crippen LogP contribution in [0.1, 0.15) is 38.7 Å². The number of unbranched alkanes of at least 4 members (excludes halogenated alkanes) is 1. The van der Waals surface area contributed by atoms with Gasteiger partial charge in [0.1, 0.15) is 0 Å². The average Bonchev–Trinajstić information content (AvgIpc) is 2.31. The van der Waals surface area contributed by atoms with E-state index in [9.17, 15) is 0 Å². The lowest BCUT2D eigenvalue weighted by molar-refractivity contribution is 0.942. The number of hydrogen-bond donors (Lipinski definition) is 0. The first-order chi connectivity index (χ1) is 7.36. The average molecular weight is 200 g/mol. The fourth-order valence-electron chi connectivity index (χ4n) is 1.43. The third-order valence-corrected chi connectivity index (χ3v) is 2.39. The van der Waals surface area contributed by atoms with E-state index in [1.54, 1.807) is 0 Å². The van der Waals surface area contributed by atoms with Gasteiger partial charge in [0.15, 0.2) is 0 Å². The fraction of sp³-hybridized carbons (Fsp3) is 0.333. The van der Waals surface area contributed by atoms with Crippen molar-refractivity contribution in [2.45, 2.75) is 33.1 Å². The molecule has 0 amide bonds. The summed E-state index contributed by atoms with van der Waals surface area (Å²) in [7, 11) is 0. The molecule has 0 nitrogen and oxygen atoms in total. The van der Waals surface area contributed by atoms with Crippen LogP contribution in [0.4, 0.5) is 0 Å². The van der Waals surface area contributed by atoms with Crippen molar-refractivity contribution in [3.05, 3.63) is 53.6 Å². The predicted molar refractivity (Wildman–Crippen MR) is 68.8 cm³/mol. The second-order valence-corrected chi connectivity index (χ2v) is 3.67. The van der Waals surface area contributed by atoms with Crippen LogP contribution in [0, 0.1) is 0 Å². The molecule has 0 fully saturated rings. The summed E-state index contributed by atoms with van der Waals surface area (Å²) < 4.78 is 0. The summed E-state index contributed by atoms with van der Waals surface area (Å²) in [6.45, 7) is 4.42. The van der Waals surface area contributed by atoms with Crippen molar-refractivity contribution in [2.75, 3.05) is 0 Å². The van der Waals surface area contributed by atoms with Crippen molar-refractivity contribution >= 4 is 6.08 Å². The van der Waals surface area contributed by atoms with Crippen molar-refractivity contribution in [3.8, 4) is 0 Å². The van der Waals surface area contributed by atoms with Gasteiger partial charge < -0.3 is 0 Å². The maximum absolute atomic E-state index is 2.33.